The number of hydrogen-bond donors (Lipinski definition) is 1. The predicted octanol–water partition coefficient (Wildman–Crippen LogP) is 3.57. The van der Waals surface area contributed by atoms with Crippen LogP contribution in [0.25, 0.3) is 0 Å². The number of aliphatic hydroxyl groups is 1. The van der Waals surface area contributed by atoms with E-state index in [0.717, 1.165) is 12.0 Å². The smallest absolute Gasteiger partial charge is 0.142 e. The second-order valence-electron chi connectivity index (χ2n) is 5.07. The van der Waals surface area contributed by atoms with Crippen LogP contribution in [0.4, 0.5) is 4.39 Å². The summed E-state index contributed by atoms with van der Waals surface area (Å²) in [4.78, 5) is 0. The summed E-state index contributed by atoms with van der Waals surface area (Å²) in [5.41, 5.74) is 0.0640. The molecule has 0 saturated heterocycles. The van der Waals surface area contributed by atoms with E-state index in [-0.39, 0.29) is 5.02 Å². The van der Waals surface area contributed by atoms with E-state index in [9.17, 15) is 9.50 Å². The molecule has 1 N–H and O–H groups in total. The molecule has 0 radical (unpaired) electrons. The minimum atomic E-state index is -0.735. The van der Waals surface area contributed by atoms with Gasteiger partial charge in [0.1, 0.15) is 5.82 Å². The second-order valence-corrected chi connectivity index (χ2v) is 5.48. The van der Waals surface area contributed by atoms with Crippen LogP contribution in [0.3, 0.4) is 0 Å². The molecule has 88 valence electrons. The third-order valence-corrected chi connectivity index (χ3v) is 3.30. The van der Waals surface area contributed by atoms with Crippen LogP contribution in [0.5, 0.6) is 0 Å². The van der Waals surface area contributed by atoms with Crippen molar-refractivity contribution in [1.82, 2.24) is 0 Å². The van der Waals surface area contributed by atoms with Gasteiger partial charge >= 0.3 is 0 Å². The molecule has 2 rings (SSSR count). The first-order chi connectivity index (χ1) is 7.46. The van der Waals surface area contributed by atoms with E-state index in [1.807, 2.05) is 6.92 Å². The van der Waals surface area contributed by atoms with Crippen LogP contribution in [0.15, 0.2) is 18.2 Å². The molecule has 3 heteroatoms. The molecule has 1 nitrogen and oxygen atoms in total. The SMILES string of the molecule is CC(O)(Cc1ccc(Cl)c(F)c1)CC1CC1. The van der Waals surface area contributed by atoms with E-state index in [0.29, 0.717) is 12.3 Å². The van der Waals surface area contributed by atoms with Gasteiger partial charge in [-0.05, 0) is 37.0 Å². The number of benzene rings is 1. The van der Waals surface area contributed by atoms with Gasteiger partial charge in [-0.1, -0.05) is 30.5 Å². The fourth-order valence-electron chi connectivity index (χ4n) is 2.11. The minimum absolute atomic E-state index is 0.130. The van der Waals surface area contributed by atoms with Gasteiger partial charge in [-0.25, -0.2) is 4.39 Å². The van der Waals surface area contributed by atoms with Crippen molar-refractivity contribution in [2.24, 2.45) is 5.92 Å². The fourth-order valence-corrected chi connectivity index (χ4v) is 2.22. The number of halogens is 2. The Morgan fingerprint density at radius 2 is 2.19 bits per heavy atom. The van der Waals surface area contributed by atoms with Crippen LogP contribution in [-0.2, 0) is 6.42 Å². The Kier molecular flexibility index (Phi) is 3.22. The Morgan fingerprint density at radius 3 is 2.75 bits per heavy atom. The topological polar surface area (TPSA) is 20.2 Å². The minimum Gasteiger partial charge on any atom is -0.390 e. The molecule has 0 aromatic heterocycles. The third kappa shape index (κ3) is 3.19. The van der Waals surface area contributed by atoms with Gasteiger partial charge in [0.05, 0.1) is 10.6 Å². The van der Waals surface area contributed by atoms with Gasteiger partial charge in [0, 0.05) is 6.42 Å². The molecule has 16 heavy (non-hydrogen) atoms. The predicted molar refractivity (Wildman–Crippen MR) is 63.1 cm³/mol. The van der Waals surface area contributed by atoms with Crippen molar-refractivity contribution in [2.75, 3.05) is 0 Å². The van der Waals surface area contributed by atoms with Gasteiger partial charge < -0.3 is 5.11 Å². The van der Waals surface area contributed by atoms with Crippen LogP contribution in [0, 0.1) is 11.7 Å². The Labute approximate surface area is 100 Å². The summed E-state index contributed by atoms with van der Waals surface area (Å²) in [5.74, 6) is 0.244. The molecule has 1 saturated carbocycles. The standard InChI is InChI=1S/C13H16ClFO/c1-13(16,7-9-2-3-9)8-10-4-5-11(14)12(15)6-10/h4-6,9,16H,2-3,7-8H2,1H3. The molecular formula is C13H16ClFO. The third-order valence-electron chi connectivity index (χ3n) is 2.99. The van der Waals surface area contributed by atoms with Crippen molar-refractivity contribution < 1.29 is 9.50 Å². The molecule has 1 fully saturated rings. The van der Waals surface area contributed by atoms with Crippen LogP contribution in [0.1, 0.15) is 31.7 Å². The van der Waals surface area contributed by atoms with Crippen molar-refractivity contribution in [1.29, 1.82) is 0 Å². The first kappa shape index (κ1) is 11.9. The van der Waals surface area contributed by atoms with Crippen molar-refractivity contribution in [3.8, 4) is 0 Å². The highest BCUT2D eigenvalue weighted by molar-refractivity contribution is 6.30. The summed E-state index contributed by atoms with van der Waals surface area (Å²) in [6.45, 7) is 1.82. The maximum atomic E-state index is 13.2. The van der Waals surface area contributed by atoms with E-state index >= 15 is 0 Å². The van der Waals surface area contributed by atoms with Gasteiger partial charge in [0.25, 0.3) is 0 Å². The Bertz CT molecular complexity index is 386. The zero-order valence-corrected chi connectivity index (χ0v) is 10.1. The van der Waals surface area contributed by atoms with E-state index in [4.69, 9.17) is 11.6 Å². The molecule has 1 aliphatic carbocycles. The molecule has 0 spiro atoms. The number of hydrogen-bond acceptors (Lipinski definition) is 1. The molecule has 1 aromatic rings. The van der Waals surface area contributed by atoms with Crippen LogP contribution in [0.2, 0.25) is 5.02 Å². The van der Waals surface area contributed by atoms with E-state index in [1.165, 1.54) is 18.9 Å². The summed E-state index contributed by atoms with van der Waals surface area (Å²) < 4.78 is 13.2. The normalized spacial score (nSPS) is 19.5. The Hall–Kier alpha value is -0.600. The fraction of sp³-hybridized carbons (Fsp3) is 0.538. The first-order valence-corrected chi connectivity index (χ1v) is 6.00. The van der Waals surface area contributed by atoms with E-state index in [1.54, 1.807) is 12.1 Å². The average molecular weight is 243 g/mol. The lowest BCUT2D eigenvalue weighted by Crippen LogP contribution is -2.27. The van der Waals surface area contributed by atoms with E-state index < -0.39 is 11.4 Å². The quantitative estimate of drug-likeness (QED) is 0.856. The highest BCUT2D eigenvalue weighted by Gasteiger charge is 2.31. The zero-order valence-electron chi connectivity index (χ0n) is 9.34. The van der Waals surface area contributed by atoms with Crippen LogP contribution >= 0.6 is 11.6 Å². The lowest BCUT2D eigenvalue weighted by Gasteiger charge is -2.23. The molecular weight excluding hydrogens is 227 g/mol. The summed E-state index contributed by atoms with van der Waals surface area (Å²) in [6, 6.07) is 4.72. The lowest BCUT2D eigenvalue weighted by molar-refractivity contribution is 0.0454. The van der Waals surface area contributed by atoms with Crippen LogP contribution < -0.4 is 0 Å². The van der Waals surface area contributed by atoms with Crippen molar-refractivity contribution in [2.45, 2.75) is 38.2 Å². The first-order valence-electron chi connectivity index (χ1n) is 5.63. The molecule has 0 heterocycles. The highest BCUT2D eigenvalue weighted by Crippen LogP contribution is 2.37. The van der Waals surface area contributed by atoms with E-state index in [2.05, 4.69) is 0 Å². The molecule has 1 aromatic carbocycles. The van der Waals surface area contributed by atoms with Gasteiger partial charge in [-0.3, -0.25) is 0 Å². The van der Waals surface area contributed by atoms with Crippen molar-refractivity contribution in [3.63, 3.8) is 0 Å². The zero-order chi connectivity index (χ0) is 11.8. The van der Waals surface area contributed by atoms with Crippen molar-refractivity contribution >= 4 is 11.6 Å². The molecule has 0 aliphatic heterocycles. The second kappa shape index (κ2) is 4.34. The maximum Gasteiger partial charge on any atom is 0.142 e. The van der Waals surface area contributed by atoms with Gasteiger partial charge in [0.2, 0.25) is 0 Å². The Balaban J connectivity index is 2.03. The summed E-state index contributed by atoms with van der Waals surface area (Å²) in [5, 5.41) is 10.3. The van der Waals surface area contributed by atoms with Crippen LogP contribution in [-0.4, -0.2) is 10.7 Å². The highest BCUT2D eigenvalue weighted by atomic mass is 35.5. The van der Waals surface area contributed by atoms with Crippen molar-refractivity contribution in [3.05, 3.63) is 34.6 Å². The lowest BCUT2D eigenvalue weighted by atomic mass is 9.91. The monoisotopic (exact) mass is 242 g/mol. The van der Waals surface area contributed by atoms with Gasteiger partial charge in [-0.15, -0.1) is 0 Å². The van der Waals surface area contributed by atoms with Gasteiger partial charge in [-0.2, -0.15) is 0 Å². The molecule has 1 unspecified atom stereocenters. The summed E-state index contributed by atoms with van der Waals surface area (Å²) >= 11 is 5.61. The molecule has 1 atom stereocenters. The largest absolute Gasteiger partial charge is 0.390 e. The Morgan fingerprint density at radius 1 is 1.50 bits per heavy atom. The molecule has 0 amide bonds. The molecule has 0 bridgehead atoms. The molecule has 1 aliphatic rings. The number of rotatable bonds is 4. The summed E-state index contributed by atoms with van der Waals surface area (Å²) in [7, 11) is 0. The average Bonchev–Trinajstić information content (AvgIpc) is 2.94. The maximum absolute atomic E-state index is 13.2. The van der Waals surface area contributed by atoms with Gasteiger partial charge in [0.15, 0.2) is 0 Å². The summed E-state index contributed by atoms with van der Waals surface area (Å²) in [6.07, 6.45) is 3.71.